The van der Waals surface area contributed by atoms with Gasteiger partial charge < -0.3 is 11.1 Å². The highest BCUT2D eigenvalue weighted by molar-refractivity contribution is 14.0. The van der Waals surface area contributed by atoms with E-state index in [9.17, 15) is 8.78 Å². The van der Waals surface area contributed by atoms with Crippen LogP contribution in [0, 0.1) is 11.6 Å². The Labute approximate surface area is 139 Å². The van der Waals surface area contributed by atoms with Crippen molar-refractivity contribution >= 4 is 29.9 Å². The molecular weight excluding hydrogens is 387 g/mol. The van der Waals surface area contributed by atoms with Crippen LogP contribution in [0.3, 0.4) is 0 Å². The molecule has 21 heavy (non-hydrogen) atoms. The van der Waals surface area contributed by atoms with E-state index in [2.05, 4.69) is 10.3 Å². The molecule has 0 heterocycles. The molecule has 0 amide bonds. The van der Waals surface area contributed by atoms with Crippen LogP contribution in [0.4, 0.5) is 8.78 Å². The molecule has 0 aliphatic rings. The van der Waals surface area contributed by atoms with E-state index >= 15 is 0 Å². The lowest BCUT2D eigenvalue weighted by molar-refractivity contribution is 0.507. The summed E-state index contributed by atoms with van der Waals surface area (Å²) in [6.45, 7) is 0.763. The minimum absolute atomic E-state index is 0. The highest BCUT2D eigenvalue weighted by Gasteiger charge is 2.02. The molecule has 6 heteroatoms. The number of nitrogens with zero attached hydrogens (tertiary/aromatic N) is 1. The van der Waals surface area contributed by atoms with Crippen molar-refractivity contribution in [1.29, 1.82) is 0 Å². The predicted molar refractivity (Wildman–Crippen MR) is 90.4 cm³/mol. The lowest BCUT2D eigenvalue weighted by Gasteiger charge is -2.05. The number of nitrogens with one attached hydrogen (secondary N) is 1. The van der Waals surface area contributed by atoms with E-state index in [-0.39, 0.29) is 36.5 Å². The fraction of sp³-hybridized carbons (Fsp3) is 0.133. The Morgan fingerprint density at radius 3 is 2.38 bits per heavy atom. The van der Waals surface area contributed by atoms with E-state index in [0.29, 0.717) is 12.1 Å². The molecule has 0 bridgehead atoms. The molecule has 0 aliphatic carbocycles. The van der Waals surface area contributed by atoms with Gasteiger partial charge in [-0.25, -0.2) is 13.8 Å². The Bertz CT molecular complexity index is 603. The number of guanidine groups is 1. The number of hydrogen-bond acceptors (Lipinski definition) is 1. The maximum absolute atomic E-state index is 13.0. The van der Waals surface area contributed by atoms with Gasteiger partial charge in [0.25, 0.3) is 0 Å². The van der Waals surface area contributed by atoms with Gasteiger partial charge in [0.2, 0.25) is 0 Å². The van der Waals surface area contributed by atoms with E-state index in [0.717, 1.165) is 17.7 Å². The molecule has 0 aromatic heterocycles. The van der Waals surface area contributed by atoms with Gasteiger partial charge in [0.1, 0.15) is 0 Å². The van der Waals surface area contributed by atoms with Crippen LogP contribution in [0.15, 0.2) is 53.5 Å². The highest BCUT2D eigenvalue weighted by Crippen LogP contribution is 2.09. The third-order valence-corrected chi connectivity index (χ3v) is 2.73. The van der Waals surface area contributed by atoms with Crippen LogP contribution in [0.2, 0.25) is 0 Å². The first-order chi connectivity index (χ1) is 9.65. The molecule has 3 N–H and O–H groups in total. The maximum atomic E-state index is 13.0. The number of aliphatic imine (C=N–C) groups is 1. The van der Waals surface area contributed by atoms with Crippen LogP contribution >= 0.6 is 24.0 Å². The van der Waals surface area contributed by atoms with Gasteiger partial charge in [0.15, 0.2) is 17.6 Å². The number of rotatable bonds is 4. The van der Waals surface area contributed by atoms with Crippen LogP contribution in [0.25, 0.3) is 0 Å². The largest absolute Gasteiger partial charge is 0.370 e. The van der Waals surface area contributed by atoms with Crippen molar-refractivity contribution < 1.29 is 8.78 Å². The first-order valence-electron chi connectivity index (χ1n) is 6.17. The van der Waals surface area contributed by atoms with Gasteiger partial charge in [-0.3, -0.25) is 0 Å². The number of nitrogens with two attached hydrogens (primary N) is 1. The highest BCUT2D eigenvalue weighted by atomic mass is 127. The molecule has 2 aromatic rings. The Morgan fingerprint density at radius 1 is 1.00 bits per heavy atom. The summed E-state index contributed by atoms with van der Waals surface area (Å²) in [5.74, 6) is -1.49. The molecule has 0 saturated heterocycles. The van der Waals surface area contributed by atoms with Crippen molar-refractivity contribution in [1.82, 2.24) is 5.32 Å². The summed E-state index contributed by atoms with van der Waals surface area (Å²) < 4.78 is 25.8. The first-order valence-corrected chi connectivity index (χ1v) is 6.17. The summed E-state index contributed by atoms with van der Waals surface area (Å²) in [5, 5.41) is 2.96. The Kier molecular flexibility index (Phi) is 7.07. The summed E-state index contributed by atoms with van der Waals surface area (Å²) in [5.41, 5.74) is 7.35. The van der Waals surface area contributed by atoms with Crippen LogP contribution in [0.1, 0.15) is 11.1 Å². The third-order valence-electron chi connectivity index (χ3n) is 2.73. The monoisotopic (exact) mass is 403 g/mol. The molecule has 0 spiro atoms. The van der Waals surface area contributed by atoms with E-state index in [1.807, 2.05) is 30.3 Å². The van der Waals surface area contributed by atoms with Gasteiger partial charge in [-0.05, 0) is 23.3 Å². The SMILES string of the molecule is I.NC(=NCc1ccc(F)c(F)c1)NCc1ccccc1. The molecule has 3 nitrogen and oxygen atoms in total. The van der Waals surface area contributed by atoms with Crippen LogP contribution in [0.5, 0.6) is 0 Å². The fourth-order valence-electron chi connectivity index (χ4n) is 1.66. The fourth-order valence-corrected chi connectivity index (χ4v) is 1.66. The Hall–Kier alpha value is -1.70. The smallest absolute Gasteiger partial charge is 0.189 e. The molecule has 0 atom stereocenters. The number of benzene rings is 2. The number of hydrogen-bond donors (Lipinski definition) is 2. The van der Waals surface area contributed by atoms with E-state index in [1.165, 1.54) is 6.07 Å². The lowest BCUT2D eigenvalue weighted by Crippen LogP contribution is -2.31. The van der Waals surface area contributed by atoms with Gasteiger partial charge in [-0.1, -0.05) is 36.4 Å². The van der Waals surface area contributed by atoms with E-state index in [1.54, 1.807) is 0 Å². The van der Waals surface area contributed by atoms with E-state index in [4.69, 9.17) is 5.73 Å². The average Bonchev–Trinajstić information content (AvgIpc) is 2.47. The predicted octanol–water partition coefficient (Wildman–Crippen LogP) is 3.19. The summed E-state index contributed by atoms with van der Waals surface area (Å²) in [7, 11) is 0. The average molecular weight is 403 g/mol. The van der Waals surface area contributed by atoms with Crippen molar-refractivity contribution in [2.75, 3.05) is 0 Å². The topological polar surface area (TPSA) is 50.4 Å². The second-order valence-corrected chi connectivity index (χ2v) is 4.29. The second kappa shape index (κ2) is 8.56. The van der Waals surface area contributed by atoms with Gasteiger partial charge in [-0.15, -0.1) is 24.0 Å². The standard InChI is InChI=1S/C15H15F2N3.HI/c16-13-7-6-12(8-14(13)17)10-20-15(18)19-9-11-4-2-1-3-5-11;/h1-8H,9-10H2,(H3,18,19,20);1H. The van der Waals surface area contributed by atoms with Crippen molar-refractivity contribution in [3.05, 3.63) is 71.3 Å². The first kappa shape index (κ1) is 17.4. The molecule has 0 radical (unpaired) electrons. The summed E-state index contributed by atoms with van der Waals surface area (Å²) in [4.78, 5) is 4.07. The molecule has 2 rings (SSSR count). The molecular formula is C15H16F2IN3. The molecule has 0 aliphatic heterocycles. The number of halogens is 3. The second-order valence-electron chi connectivity index (χ2n) is 4.29. The van der Waals surface area contributed by atoms with Crippen LogP contribution in [-0.4, -0.2) is 5.96 Å². The molecule has 2 aromatic carbocycles. The summed E-state index contributed by atoms with van der Waals surface area (Å²) >= 11 is 0. The zero-order chi connectivity index (χ0) is 14.4. The zero-order valence-corrected chi connectivity index (χ0v) is 13.6. The van der Waals surface area contributed by atoms with E-state index < -0.39 is 11.6 Å². The quantitative estimate of drug-likeness (QED) is 0.468. The van der Waals surface area contributed by atoms with Gasteiger partial charge >= 0.3 is 0 Å². The maximum Gasteiger partial charge on any atom is 0.189 e. The van der Waals surface area contributed by atoms with Gasteiger partial charge in [0.05, 0.1) is 6.54 Å². The van der Waals surface area contributed by atoms with Crippen molar-refractivity contribution in [2.24, 2.45) is 10.7 Å². The van der Waals surface area contributed by atoms with Gasteiger partial charge in [0, 0.05) is 6.54 Å². The van der Waals surface area contributed by atoms with Gasteiger partial charge in [-0.2, -0.15) is 0 Å². The Balaban J connectivity index is 0.00000220. The molecule has 0 unspecified atom stereocenters. The minimum atomic E-state index is -0.881. The minimum Gasteiger partial charge on any atom is -0.370 e. The summed E-state index contributed by atoms with van der Waals surface area (Å²) in [6.07, 6.45) is 0. The van der Waals surface area contributed by atoms with Crippen molar-refractivity contribution in [3.63, 3.8) is 0 Å². The normalized spacial score (nSPS) is 10.9. The Morgan fingerprint density at radius 2 is 1.71 bits per heavy atom. The summed E-state index contributed by atoms with van der Waals surface area (Å²) in [6, 6.07) is 13.4. The van der Waals surface area contributed by atoms with Crippen LogP contribution < -0.4 is 11.1 Å². The lowest BCUT2D eigenvalue weighted by atomic mass is 10.2. The molecule has 112 valence electrons. The van der Waals surface area contributed by atoms with Crippen molar-refractivity contribution in [2.45, 2.75) is 13.1 Å². The third kappa shape index (κ3) is 5.66. The van der Waals surface area contributed by atoms with Crippen LogP contribution in [-0.2, 0) is 13.1 Å². The van der Waals surface area contributed by atoms with Crippen molar-refractivity contribution in [3.8, 4) is 0 Å². The molecule has 0 saturated carbocycles. The molecule has 0 fully saturated rings. The zero-order valence-electron chi connectivity index (χ0n) is 11.2.